The fraction of sp³-hybridized carbons (Fsp3) is 0.250. The van der Waals surface area contributed by atoms with E-state index in [-0.39, 0.29) is 5.78 Å². The highest BCUT2D eigenvalue weighted by molar-refractivity contribution is 6.09. The molecule has 0 radical (unpaired) electrons. The van der Waals surface area contributed by atoms with E-state index in [0.29, 0.717) is 24.2 Å². The molecule has 1 aromatic carbocycles. The van der Waals surface area contributed by atoms with Crippen LogP contribution in [0.1, 0.15) is 22.3 Å². The Balaban J connectivity index is 2.27. The lowest BCUT2D eigenvalue weighted by Crippen LogP contribution is -2.19. The Hall–Kier alpha value is -2.15. The van der Waals surface area contributed by atoms with Gasteiger partial charge in [0.05, 0.1) is 18.2 Å². The molecular formula is C12H9NO3. The van der Waals surface area contributed by atoms with E-state index in [4.69, 9.17) is 10.00 Å². The van der Waals surface area contributed by atoms with Gasteiger partial charge in [-0.2, -0.15) is 5.26 Å². The number of hydrogen-bond donors (Lipinski definition) is 0. The third-order valence-corrected chi connectivity index (χ3v) is 2.53. The average molecular weight is 215 g/mol. The summed E-state index contributed by atoms with van der Waals surface area (Å²) in [4.78, 5) is 23.2. The van der Waals surface area contributed by atoms with E-state index in [1.54, 1.807) is 18.2 Å². The summed E-state index contributed by atoms with van der Waals surface area (Å²) in [6, 6.07) is 8.30. The number of esters is 1. The molecule has 1 fully saturated rings. The normalized spacial score (nSPS) is 18.9. The Morgan fingerprint density at radius 3 is 2.94 bits per heavy atom. The van der Waals surface area contributed by atoms with E-state index in [9.17, 15) is 9.59 Å². The summed E-state index contributed by atoms with van der Waals surface area (Å²) in [5, 5.41) is 8.71. The van der Waals surface area contributed by atoms with Crippen molar-refractivity contribution in [2.45, 2.75) is 6.42 Å². The molecule has 1 atom stereocenters. The van der Waals surface area contributed by atoms with Crippen LogP contribution in [0.2, 0.25) is 0 Å². The van der Waals surface area contributed by atoms with Crippen molar-refractivity contribution in [1.29, 1.82) is 5.26 Å². The van der Waals surface area contributed by atoms with Crippen LogP contribution in [0.15, 0.2) is 24.3 Å². The molecule has 80 valence electrons. The van der Waals surface area contributed by atoms with Crippen LogP contribution in [0.5, 0.6) is 0 Å². The van der Waals surface area contributed by atoms with Gasteiger partial charge >= 0.3 is 5.97 Å². The molecule has 1 unspecified atom stereocenters. The molecular weight excluding hydrogens is 206 g/mol. The molecule has 1 saturated heterocycles. The van der Waals surface area contributed by atoms with Crippen LogP contribution < -0.4 is 0 Å². The first-order chi connectivity index (χ1) is 7.72. The van der Waals surface area contributed by atoms with Crippen molar-refractivity contribution < 1.29 is 14.3 Å². The average Bonchev–Trinajstić information content (AvgIpc) is 2.74. The van der Waals surface area contributed by atoms with Crippen molar-refractivity contribution in [1.82, 2.24) is 0 Å². The highest BCUT2D eigenvalue weighted by Gasteiger charge is 2.33. The highest BCUT2D eigenvalue weighted by Crippen LogP contribution is 2.20. The van der Waals surface area contributed by atoms with Gasteiger partial charge in [0.1, 0.15) is 5.92 Å². The van der Waals surface area contributed by atoms with Crippen LogP contribution in [0.25, 0.3) is 0 Å². The van der Waals surface area contributed by atoms with Crippen molar-refractivity contribution in [3.63, 3.8) is 0 Å². The zero-order valence-electron chi connectivity index (χ0n) is 8.47. The summed E-state index contributed by atoms with van der Waals surface area (Å²) >= 11 is 0. The largest absolute Gasteiger partial charge is 0.465 e. The molecule has 2 rings (SSSR count). The van der Waals surface area contributed by atoms with Gasteiger partial charge < -0.3 is 4.74 Å². The number of nitriles is 1. The molecule has 0 saturated carbocycles. The maximum Gasteiger partial charge on any atom is 0.316 e. The molecule has 4 heteroatoms. The van der Waals surface area contributed by atoms with Gasteiger partial charge in [-0.3, -0.25) is 9.59 Å². The number of cyclic esters (lactones) is 1. The number of ether oxygens (including phenoxy) is 1. The standard InChI is InChI=1S/C12H9NO3/c13-7-8-2-1-3-9(6-8)11(14)10-4-5-16-12(10)15/h1-3,6,10H,4-5H2. The summed E-state index contributed by atoms with van der Waals surface area (Å²) in [6.07, 6.45) is 0.425. The third kappa shape index (κ3) is 1.80. The van der Waals surface area contributed by atoms with Gasteiger partial charge in [0.15, 0.2) is 5.78 Å². The van der Waals surface area contributed by atoms with Gasteiger partial charge in [0.2, 0.25) is 0 Å². The van der Waals surface area contributed by atoms with E-state index >= 15 is 0 Å². The van der Waals surface area contributed by atoms with Crippen molar-refractivity contribution in [2.75, 3.05) is 6.61 Å². The molecule has 1 heterocycles. The Kier molecular flexibility index (Phi) is 2.69. The van der Waals surface area contributed by atoms with Crippen LogP contribution in [0.4, 0.5) is 0 Å². The zero-order valence-corrected chi connectivity index (χ0v) is 8.47. The maximum absolute atomic E-state index is 11.9. The maximum atomic E-state index is 11.9. The van der Waals surface area contributed by atoms with Crippen LogP contribution >= 0.6 is 0 Å². The molecule has 0 aromatic heterocycles. The van der Waals surface area contributed by atoms with Gasteiger partial charge in [0, 0.05) is 12.0 Å². The molecule has 0 N–H and O–H groups in total. The number of Topliss-reactive ketones (excluding diaryl/α,β-unsaturated/α-hetero) is 1. The summed E-state index contributed by atoms with van der Waals surface area (Å²) in [6.45, 7) is 0.299. The molecule has 0 bridgehead atoms. The number of carbonyl (C=O) groups excluding carboxylic acids is 2. The Bertz CT molecular complexity index is 487. The van der Waals surface area contributed by atoms with Crippen molar-refractivity contribution in [3.8, 4) is 6.07 Å². The van der Waals surface area contributed by atoms with Crippen molar-refractivity contribution in [2.24, 2.45) is 5.92 Å². The van der Waals surface area contributed by atoms with E-state index in [1.807, 2.05) is 6.07 Å². The van der Waals surface area contributed by atoms with Gasteiger partial charge in [-0.15, -0.1) is 0 Å². The number of benzene rings is 1. The minimum absolute atomic E-state index is 0.264. The Morgan fingerprint density at radius 2 is 2.31 bits per heavy atom. The summed E-state index contributed by atoms with van der Waals surface area (Å²) < 4.78 is 4.74. The lowest BCUT2D eigenvalue weighted by molar-refractivity contribution is -0.140. The second-order valence-corrected chi connectivity index (χ2v) is 3.57. The minimum Gasteiger partial charge on any atom is -0.465 e. The van der Waals surface area contributed by atoms with Crippen LogP contribution in [0.3, 0.4) is 0 Å². The molecule has 1 aliphatic rings. The topological polar surface area (TPSA) is 67.2 Å². The lowest BCUT2D eigenvalue weighted by Gasteiger charge is -2.04. The first-order valence-corrected chi connectivity index (χ1v) is 4.93. The van der Waals surface area contributed by atoms with Gasteiger partial charge in [-0.25, -0.2) is 0 Å². The number of carbonyl (C=O) groups is 2. The monoisotopic (exact) mass is 215 g/mol. The summed E-state index contributed by atoms with van der Waals surface area (Å²) in [5.74, 6) is -1.43. The number of hydrogen-bond acceptors (Lipinski definition) is 4. The fourth-order valence-corrected chi connectivity index (χ4v) is 1.68. The number of ketones is 1. The number of rotatable bonds is 2. The second kappa shape index (κ2) is 4.15. The van der Waals surface area contributed by atoms with Crippen LogP contribution in [-0.4, -0.2) is 18.4 Å². The van der Waals surface area contributed by atoms with Gasteiger partial charge in [-0.05, 0) is 12.1 Å². The van der Waals surface area contributed by atoms with Crippen molar-refractivity contribution >= 4 is 11.8 Å². The first kappa shape index (κ1) is 10.4. The number of nitrogens with zero attached hydrogens (tertiary/aromatic N) is 1. The van der Waals surface area contributed by atoms with E-state index in [0.717, 1.165) is 0 Å². The fourth-order valence-electron chi connectivity index (χ4n) is 1.68. The molecule has 1 aromatic rings. The minimum atomic E-state index is -0.700. The van der Waals surface area contributed by atoms with E-state index in [1.165, 1.54) is 6.07 Å². The predicted octanol–water partition coefficient (Wildman–Crippen LogP) is 1.30. The molecule has 0 spiro atoms. The van der Waals surface area contributed by atoms with Gasteiger partial charge in [-0.1, -0.05) is 12.1 Å². The highest BCUT2D eigenvalue weighted by atomic mass is 16.5. The molecule has 0 aliphatic carbocycles. The summed E-state index contributed by atoms with van der Waals surface area (Å²) in [5.41, 5.74) is 0.806. The Morgan fingerprint density at radius 1 is 1.50 bits per heavy atom. The Labute approximate surface area is 92.4 Å². The first-order valence-electron chi connectivity index (χ1n) is 4.93. The molecule has 4 nitrogen and oxygen atoms in total. The lowest BCUT2D eigenvalue weighted by atomic mass is 9.95. The predicted molar refractivity (Wildman–Crippen MR) is 54.6 cm³/mol. The van der Waals surface area contributed by atoms with Crippen LogP contribution in [0, 0.1) is 17.2 Å². The van der Waals surface area contributed by atoms with Crippen molar-refractivity contribution in [3.05, 3.63) is 35.4 Å². The smallest absolute Gasteiger partial charge is 0.316 e. The third-order valence-electron chi connectivity index (χ3n) is 2.53. The zero-order chi connectivity index (χ0) is 11.5. The molecule has 0 amide bonds. The van der Waals surface area contributed by atoms with Crippen LogP contribution in [-0.2, 0) is 9.53 Å². The quantitative estimate of drug-likeness (QED) is 0.423. The summed E-state index contributed by atoms with van der Waals surface area (Å²) in [7, 11) is 0. The SMILES string of the molecule is N#Cc1cccc(C(=O)C2CCOC2=O)c1. The second-order valence-electron chi connectivity index (χ2n) is 3.57. The van der Waals surface area contributed by atoms with Gasteiger partial charge in [0.25, 0.3) is 0 Å². The molecule has 1 aliphatic heterocycles. The molecule has 16 heavy (non-hydrogen) atoms. The van der Waals surface area contributed by atoms with E-state index < -0.39 is 11.9 Å². The van der Waals surface area contributed by atoms with E-state index in [2.05, 4.69) is 0 Å².